The second-order valence-corrected chi connectivity index (χ2v) is 7.24. The van der Waals surface area contributed by atoms with Gasteiger partial charge < -0.3 is 10.0 Å². The molecule has 2 fully saturated rings. The highest BCUT2D eigenvalue weighted by molar-refractivity contribution is 5.67. The van der Waals surface area contributed by atoms with Crippen LogP contribution in [0.1, 0.15) is 65.2 Å². The maximum atomic E-state index is 10.9. The van der Waals surface area contributed by atoms with E-state index in [4.69, 9.17) is 5.11 Å². The van der Waals surface area contributed by atoms with Crippen LogP contribution in [0.4, 0.5) is 0 Å². The minimum Gasteiger partial charge on any atom is -0.481 e. The molecule has 1 saturated heterocycles. The molecule has 0 bridgehead atoms. The van der Waals surface area contributed by atoms with Gasteiger partial charge in [-0.1, -0.05) is 26.7 Å². The van der Waals surface area contributed by atoms with Crippen LogP contribution < -0.4 is 0 Å². The first-order chi connectivity index (χ1) is 9.56. The summed E-state index contributed by atoms with van der Waals surface area (Å²) in [7, 11) is 0. The van der Waals surface area contributed by atoms with Gasteiger partial charge in [0.25, 0.3) is 0 Å². The van der Waals surface area contributed by atoms with E-state index in [1.54, 1.807) is 0 Å². The van der Waals surface area contributed by atoms with Crippen molar-refractivity contribution in [1.82, 2.24) is 4.90 Å². The van der Waals surface area contributed by atoms with Crippen LogP contribution in [0.2, 0.25) is 0 Å². The minimum absolute atomic E-state index is 0.319. The van der Waals surface area contributed by atoms with Gasteiger partial charge in [0, 0.05) is 19.0 Å². The number of hydrogen-bond donors (Lipinski definition) is 1. The van der Waals surface area contributed by atoms with E-state index in [1.165, 1.54) is 51.5 Å². The maximum Gasteiger partial charge on any atom is 0.303 e. The van der Waals surface area contributed by atoms with Crippen molar-refractivity contribution >= 4 is 5.97 Å². The fourth-order valence-electron chi connectivity index (χ4n) is 4.11. The van der Waals surface area contributed by atoms with Gasteiger partial charge in [-0.3, -0.25) is 4.79 Å². The van der Waals surface area contributed by atoms with Crippen LogP contribution in [0.15, 0.2) is 0 Å². The summed E-state index contributed by atoms with van der Waals surface area (Å²) in [5.41, 5.74) is 0. The molecule has 2 aliphatic rings. The van der Waals surface area contributed by atoms with Crippen molar-refractivity contribution in [3.05, 3.63) is 0 Å². The van der Waals surface area contributed by atoms with Gasteiger partial charge in [-0.2, -0.15) is 0 Å². The van der Waals surface area contributed by atoms with E-state index in [9.17, 15) is 4.79 Å². The van der Waals surface area contributed by atoms with Gasteiger partial charge in [-0.05, 0) is 56.4 Å². The average Bonchev–Trinajstić information content (AvgIpc) is 2.63. The molecule has 116 valence electrons. The largest absolute Gasteiger partial charge is 0.481 e. The Balaban J connectivity index is 1.87. The van der Waals surface area contributed by atoms with Crippen LogP contribution in [-0.4, -0.2) is 35.1 Å². The molecule has 1 heterocycles. The topological polar surface area (TPSA) is 40.5 Å². The van der Waals surface area contributed by atoms with Gasteiger partial charge in [0.2, 0.25) is 0 Å². The summed E-state index contributed by atoms with van der Waals surface area (Å²) in [6.45, 7) is 6.87. The third-order valence-electron chi connectivity index (χ3n) is 5.53. The molecule has 1 aliphatic heterocycles. The first kappa shape index (κ1) is 15.8. The van der Waals surface area contributed by atoms with Crippen molar-refractivity contribution in [1.29, 1.82) is 0 Å². The smallest absolute Gasteiger partial charge is 0.303 e. The molecule has 0 amide bonds. The second kappa shape index (κ2) is 7.44. The summed E-state index contributed by atoms with van der Waals surface area (Å²) in [5.74, 6) is 1.16. The highest BCUT2D eigenvalue weighted by Crippen LogP contribution is 2.31. The molecule has 1 aliphatic carbocycles. The highest BCUT2D eigenvalue weighted by atomic mass is 16.4. The number of nitrogens with zero attached hydrogens (tertiary/aromatic N) is 1. The number of rotatable bonds is 4. The Labute approximate surface area is 123 Å². The zero-order valence-electron chi connectivity index (χ0n) is 13.2. The molecular weight excluding hydrogens is 250 g/mol. The molecule has 0 spiro atoms. The van der Waals surface area contributed by atoms with E-state index < -0.39 is 5.97 Å². The molecule has 4 atom stereocenters. The maximum absolute atomic E-state index is 10.9. The quantitative estimate of drug-likeness (QED) is 0.797. The number of hydrogen-bond acceptors (Lipinski definition) is 2. The molecule has 1 saturated carbocycles. The van der Waals surface area contributed by atoms with Gasteiger partial charge in [-0.25, -0.2) is 0 Å². The van der Waals surface area contributed by atoms with Gasteiger partial charge in [0.1, 0.15) is 0 Å². The number of carbonyl (C=O) groups is 1. The molecule has 3 heteroatoms. The van der Waals surface area contributed by atoms with Crippen molar-refractivity contribution < 1.29 is 9.90 Å². The Bertz CT molecular complexity index is 318. The lowest BCUT2D eigenvalue weighted by molar-refractivity contribution is -0.138. The fourth-order valence-corrected chi connectivity index (χ4v) is 4.11. The van der Waals surface area contributed by atoms with Crippen molar-refractivity contribution in [2.24, 2.45) is 17.8 Å². The van der Waals surface area contributed by atoms with E-state index in [1.807, 2.05) is 0 Å². The lowest BCUT2D eigenvalue weighted by Crippen LogP contribution is -2.44. The average molecular weight is 281 g/mol. The van der Waals surface area contributed by atoms with E-state index >= 15 is 0 Å². The van der Waals surface area contributed by atoms with Crippen molar-refractivity contribution in [3.63, 3.8) is 0 Å². The molecule has 2 rings (SSSR count). The number of carboxylic acids is 1. The minimum atomic E-state index is -0.641. The molecule has 0 aromatic rings. The lowest BCUT2D eigenvalue weighted by Gasteiger charge is -2.40. The third-order valence-corrected chi connectivity index (χ3v) is 5.53. The van der Waals surface area contributed by atoms with Crippen molar-refractivity contribution in [2.45, 2.75) is 71.3 Å². The summed E-state index contributed by atoms with van der Waals surface area (Å²) < 4.78 is 0. The van der Waals surface area contributed by atoms with Gasteiger partial charge in [-0.15, -0.1) is 0 Å². The first-order valence-electron chi connectivity index (χ1n) is 8.52. The standard InChI is InChI=1S/C17H31NO2/c1-13-5-3-7-16(9-8-13)18-10-4-6-15(12-18)14(2)11-17(19)20/h13-16H,3-12H2,1-2H3,(H,19,20). The Morgan fingerprint density at radius 2 is 2.00 bits per heavy atom. The molecule has 1 N–H and O–H groups in total. The summed E-state index contributed by atoms with van der Waals surface area (Å²) in [6.07, 6.45) is 9.64. The fraction of sp³-hybridized carbons (Fsp3) is 0.941. The molecular formula is C17H31NO2. The van der Waals surface area contributed by atoms with Gasteiger partial charge >= 0.3 is 5.97 Å². The van der Waals surface area contributed by atoms with Crippen molar-refractivity contribution in [3.8, 4) is 0 Å². The Morgan fingerprint density at radius 3 is 2.75 bits per heavy atom. The molecule has 3 nitrogen and oxygen atoms in total. The Morgan fingerprint density at radius 1 is 1.20 bits per heavy atom. The van der Waals surface area contributed by atoms with Gasteiger partial charge in [0.15, 0.2) is 0 Å². The molecule has 0 aromatic heterocycles. The van der Waals surface area contributed by atoms with Crippen LogP contribution in [0.3, 0.4) is 0 Å². The van der Waals surface area contributed by atoms with E-state index in [0.717, 1.165) is 18.5 Å². The van der Waals surface area contributed by atoms with Crippen LogP contribution >= 0.6 is 0 Å². The van der Waals surface area contributed by atoms with Crippen LogP contribution in [0, 0.1) is 17.8 Å². The van der Waals surface area contributed by atoms with E-state index in [2.05, 4.69) is 18.7 Å². The van der Waals surface area contributed by atoms with Crippen LogP contribution in [0.25, 0.3) is 0 Å². The number of aliphatic carboxylic acids is 1. The summed E-state index contributed by atoms with van der Waals surface area (Å²) in [5, 5.41) is 8.98. The zero-order valence-corrected chi connectivity index (χ0v) is 13.2. The summed E-state index contributed by atoms with van der Waals surface area (Å²) in [6, 6.07) is 0.764. The second-order valence-electron chi connectivity index (χ2n) is 7.24. The summed E-state index contributed by atoms with van der Waals surface area (Å²) >= 11 is 0. The molecule has 4 unspecified atom stereocenters. The Hall–Kier alpha value is -0.570. The summed E-state index contributed by atoms with van der Waals surface area (Å²) in [4.78, 5) is 13.6. The third kappa shape index (κ3) is 4.47. The highest BCUT2D eigenvalue weighted by Gasteiger charge is 2.30. The predicted molar refractivity (Wildman–Crippen MR) is 81.8 cm³/mol. The van der Waals surface area contributed by atoms with Crippen LogP contribution in [-0.2, 0) is 4.79 Å². The normalized spacial score (nSPS) is 34.4. The Kier molecular flexibility index (Phi) is 5.88. The number of likely N-dealkylation sites (tertiary alicyclic amines) is 1. The number of carboxylic acid groups (broad SMARTS) is 1. The lowest BCUT2D eigenvalue weighted by atomic mass is 9.84. The van der Waals surface area contributed by atoms with E-state index in [0.29, 0.717) is 18.3 Å². The zero-order chi connectivity index (χ0) is 14.5. The van der Waals surface area contributed by atoms with Crippen LogP contribution in [0.5, 0.6) is 0 Å². The van der Waals surface area contributed by atoms with Crippen molar-refractivity contribution in [2.75, 3.05) is 13.1 Å². The van der Waals surface area contributed by atoms with E-state index in [-0.39, 0.29) is 0 Å². The SMILES string of the molecule is CC1CCCC(N2CCCC(C(C)CC(=O)O)C2)CC1. The molecule has 0 aromatic carbocycles. The van der Waals surface area contributed by atoms with Gasteiger partial charge in [0.05, 0.1) is 0 Å². The first-order valence-corrected chi connectivity index (χ1v) is 8.52. The molecule has 20 heavy (non-hydrogen) atoms. The molecule has 0 radical (unpaired) electrons. The predicted octanol–water partition coefficient (Wildman–Crippen LogP) is 3.78. The monoisotopic (exact) mass is 281 g/mol. The number of piperidine rings is 1.